The number of carbonyl (C=O) groups excluding carboxylic acids is 2. The van der Waals surface area contributed by atoms with Gasteiger partial charge >= 0.3 is 6.03 Å². The summed E-state index contributed by atoms with van der Waals surface area (Å²) in [6.45, 7) is 3.45. The summed E-state index contributed by atoms with van der Waals surface area (Å²) in [7, 11) is 0. The lowest BCUT2D eigenvalue weighted by Crippen LogP contribution is -2.43. The van der Waals surface area contributed by atoms with Gasteiger partial charge in [-0.1, -0.05) is 60.7 Å². The Kier molecular flexibility index (Phi) is 5.18. The highest BCUT2D eigenvalue weighted by molar-refractivity contribution is 6.09. The van der Waals surface area contributed by atoms with Crippen molar-refractivity contribution in [3.05, 3.63) is 77.9 Å². The number of benzene rings is 3. The molecule has 2 N–H and O–H groups in total. The first kappa shape index (κ1) is 19.9. The smallest absolute Gasteiger partial charge is 0.325 e. The van der Waals surface area contributed by atoms with E-state index in [4.69, 9.17) is 4.74 Å². The Morgan fingerprint density at radius 1 is 1.03 bits per heavy atom. The lowest BCUT2D eigenvalue weighted by Gasteiger charge is -2.24. The number of β-amino-alcohol motifs (C(OH)–C–C–N with tert-alkyl or cyclic N) is 1. The van der Waals surface area contributed by atoms with Crippen LogP contribution in [0, 0.1) is 6.92 Å². The number of nitrogens with one attached hydrogen (secondary N) is 1. The summed E-state index contributed by atoms with van der Waals surface area (Å²) >= 11 is 0. The molecule has 6 heteroatoms. The number of ether oxygens (including phenoxy) is 1. The molecule has 4 rings (SSSR count). The number of fused-ring (bicyclic) bond motifs is 1. The molecule has 1 aliphatic heterocycles. The molecule has 0 saturated carbocycles. The first-order valence-corrected chi connectivity index (χ1v) is 9.89. The predicted octanol–water partition coefficient (Wildman–Crippen LogP) is 3.36. The molecule has 0 radical (unpaired) electrons. The molecule has 0 aliphatic carbocycles. The second-order valence-electron chi connectivity index (χ2n) is 7.73. The van der Waals surface area contributed by atoms with E-state index in [0.717, 1.165) is 26.8 Å². The van der Waals surface area contributed by atoms with Crippen molar-refractivity contribution < 1.29 is 19.4 Å². The Morgan fingerprint density at radius 3 is 2.53 bits per heavy atom. The van der Waals surface area contributed by atoms with Crippen LogP contribution in [0.3, 0.4) is 0 Å². The van der Waals surface area contributed by atoms with E-state index in [9.17, 15) is 14.7 Å². The number of para-hydroxylation sites is 1. The number of aryl methyl sites for hydroxylation is 1. The van der Waals surface area contributed by atoms with Gasteiger partial charge in [0.2, 0.25) is 0 Å². The highest BCUT2D eigenvalue weighted by Gasteiger charge is 2.49. The van der Waals surface area contributed by atoms with Crippen molar-refractivity contribution in [1.29, 1.82) is 0 Å². The van der Waals surface area contributed by atoms with Gasteiger partial charge in [0.1, 0.15) is 24.0 Å². The van der Waals surface area contributed by atoms with Gasteiger partial charge in [0.15, 0.2) is 0 Å². The Morgan fingerprint density at radius 2 is 1.73 bits per heavy atom. The van der Waals surface area contributed by atoms with Crippen LogP contribution in [0.2, 0.25) is 0 Å². The van der Waals surface area contributed by atoms with E-state index in [1.165, 1.54) is 0 Å². The Hall–Kier alpha value is -3.38. The normalized spacial score (nSPS) is 19.8. The zero-order valence-electron chi connectivity index (χ0n) is 17.0. The average Bonchev–Trinajstić information content (AvgIpc) is 2.96. The number of rotatable bonds is 6. The molecular formula is C24H24N2O4. The summed E-state index contributed by atoms with van der Waals surface area (Å²) < 4.78 is 5.65. The van der Waals surface area contributed by atoms with Crippen molar-refractivity contribution in [3.8, 4) is 5.75 Å². The lowest BCUT2D eigenvalue weighted by molar-refractivity contribution is -0.132. The Bertz CT molecular complexity index is 1110. The van der Waals surface area contributed by atoms with Gasteiger partial charge in [-0.2, -0.15) is 0 Å². The molecule has 154 valence electrons. The van der Waals surface area contributed by atoms with Crippen molar-refractivity contribution in [2.24, 2.45) is 0 Å². The molecule has 3 aromatic carbocycles. The minimum atomic E-state index is -1.20. The van der Waals surface area contributed by atoms with Crippen LogP contribution in [0.15, 0.2) is 66.7 Å². The van der Waals surface area contributed by atoms with Crippen LogP contribution in [0.25, 0.3) is 10.8 Å². The molecule has 1 saturated heterocycles. The van der Waals surface area contributed by atoms with Crippen LogP contribution >= 0.6 is 0 Å². The molecule has 0 unspecified atom stereocenters. The maximum Gasteiger partial charge on any atom is 0.325 e. The van der Waals surface area contributed by atoms with Gasteiger partial charge < -0.3 is 15.2 Å². The van der Waals surface area contributed by atoms with Crippen LogP contribution in [0.4, 0.5) is 4.79 Å². The van der Waals surface area contributed by atoms with Crippen molar-refractivity contribution >= 4 is 22.7 Å². The molecule has 1 heterocycles. The number of imide groups is 1. The molecule has 3 amide bonds. The van der Waals surface area contributed by atoms with E-state index >= 15 is 0 Å². The number of nitrogens with zero attached hydrogens (tertiary/aromatic N) is 1. The van der Waals surface area contributed by atoms with Crippen molar-refractivity contribution in [3.63, 3.8) is 0 Å². The third-order valence-electron chi connectivity index (χ3n) is 5.52. The van der Waals surface area contributed by atoms with Gasteiger partial charge in [0.25, 0.3) is 5.91 Å². The number of aliphatic hydroxyl groups is 1. The van der Waals surface area contributed by atoms with E-state index in [2.05, 4.69) is 5.32 Å². The summed E-state index contributed by atoms with van der Waals surface area (Å²) in [5, 5.41) is 15.1. The molecule has 0 spiro atoms. The van der Waals surface area contributed by atoms with Crippen LogP contribution in [-0.4, -0.2) is 41.2 Å². The van der Waals surface area contributed by atoms with Gasteiger partial charge in [0.05, 0.1) is 6.54 Å². The van der Waals surface area contributed by atoms with Crippen LogP contribution in [-0.2, 0) is 10.3 Å². The summed E-state index contributed by atoms with van der Waals surface area (Å²) in [5.41, 5.74) is 0.476. The number of hydrogen-bond acceptors (Lipinski definition) is 4. The molecule has 0 bridgehead atoms. The first-order valence-electron chi connectivity index (χ1n) is 9.89. The Labute approximate surface area is 175 Å². The highest BCUT2D eigenvalue weighted by Crippen LogP contribution is 2.33. The third kappa shape index (κ3) is 3.50. The van der Waals surface area contributed by atoms with Crippen LogP contribution in [0.1, 0.15) is 18.1 Å². The lowest BCUT2D eigenvalue weighted by atomic mass is 9.88. The molecule has 3 aromatic rings. The summed E-state index contributed by atoms with van der Waals surface area (Å²) in [6, 6.07) is 20.4. The fourth-order valence-electron chi connectivity index (χ4n) is 3.87. The van der Waals surface area contributed by atoms with E-state index in [1.807, 2.05) is 73.7 Å². The van der Waals surface area contributed by atoms with Crippen LogP contribution < -0.4 is 10.1 Å². The second kappa shape index (κ2) is 7.80. The molecule has 6 nitrogen and oxygen atoms in total. The van der Waals surface area contributed by atoms with Gasteiger partial charge in [-0.05, 0) is 41.8 Å². The van der Waals surface area contributed by atoms with Crippen LogP contribution in [0.5, 0.6) is 5.75 Å². The van der Waals surface area contributed by atoms with E-state index in [1.54, 1.807) is 6.92 Å². The summed E-state index contributed by atoms with van der Waals surface area (Å²) in [5.74, 6) is 0.271. The van der Waals surface area contributed by atoms with Crippen molar-refractivity contribution in [1.82, 2.24) is 10.2 Å². The summed E-state index contributed by atoms with van der Waals surface area (Å²) in [4.78, 5) is 26.9. The maximum absolute atomic E-state index is 13.2. The van der Waals surface area contributed by atoms with E-state index in [0.29, 0.717) is 5.75 Å². The standard InChI is InChI=1S/C24H24N2O4/c1-16-8-3-6-13-21(16)30-15-18(27)14-26-22(28)24(2,25-23(26)29)20-12-7-10-17-9-4-5-11-19(17)20/h3-13,18,27H,14-15H2,1-2H3,(H,25,29)/t18-,24+/m0/s1. The van der Waals surface area contributed by atoms with Gasteiger partial charge in [0, 0.05) is 0 Å². The quantitative estimate of drug-likeness (QED) is 0.618. The fourth-order valence-corrected chi connectivity index (χ4v) is 3.87. The van der Waals surface area contributed by atoms with E-state index in [-0.39, 0.29) is 13.2 Å². The van der Waals surface area contributed by atoms with Crippen molar-refractivity contribution in [2.75, 3.05) is 13.2 Å². The van der Waals surface area contributed by atoms with Gasteiger partial charge in [-0.15, -0.1) is 0 Å². The molecule has 0 aromatic heterocycles. The average molecular weight is 404 g/mol. The van der Waals surface area contributed by atoms with Gasteiger partial charge in [-0.25, -0.2) is 4.79 Å². The predicted molar refractivity (Wildman–Crippen MR) is 114 cm³/mol. The summed E-state index contributed by atoms with van der Waals surface area (Å²) in [6.07, 6.45) is -1.01. The zero-order chi connectivity index (χ0) is 21.3. The SMILES string of the molecule is Cc1ccccc1OC[C@@H](O)CN1C(=O)N[C@](C)(c2cccc3ccccc23)C1=O. The minimum Gasteiger partial charge on any atom is -0.491 e. The maximum atomic E-state index is 13.2. The second-order valence-corrected chi connectivity index (χ2v) is 7.73. The monoisotopic (exact) mass is 404 g/mol. The molecule has 2 atom stereocenters. The number of urea groups is 1. The third-order valence-corrected chi connectivity index (χ3v) is 5.52. The molecule has 1 aliphatic rings. The first-order chi connectivity index (χ1) is 14.4. The number of hydrogen-bond donors (Lipinski definition) is 2. The molecular weight excluding hydrogens is 380 g/mol. The zero-order valence-corrected chi connectivity index (χ0v) is 17.0. The minimum absolute atomic E-state index is 0.0209. The highest BCUT2D eigenvalue weighted by atomic mass is 16.5. The Balaban J connectivity index is 1.51. The van der Waals surface area contributed by atoms with Crippen molar-refractivity contribution in [2.45, 2.75) is 25.5 Å². The molecule has 1 fully saturated rings. The fraction of sp³-hybridized carbons (Fsp3) is 0.250. The topological polar surface area (TPSA) is 78.9 Å². The molecule has 30 heavy (non-hydrogen) atoms. The van der Waals surface area contributed by atoms with E-state index < -0.39 is 23.6 Å². The number of carbonyl (C=O) groups is 2. The number of aliphatic hydroxyl groups excluding tert-OH is 1. The largest absolute Gasteiger partial charge is 0.491 e. The number of amides is 3. The van der Waals surface area contributed by atoms with Gasteiger partial charge in [-0.3, -0.25) is 9.69 Å².